The average Bonchev–Trinajstić information content (AvgIpc) is 3.19. The minimum Gasteiger partial charge on any atom is -0.361 e. The van der Waals surface area contributed by atoms with E-state index in [1.807, 2.05) is 30.9 Å². The molecule has 0 bridgehead atoms. The van der Waals surface area contributed by atoms with E-state index in [2.05, 4.69) is 25.7 Å². The van der Waals surface area contributed by atoms with Crippen molar-refractivity contribution in [2.45, 2.75) is 19.9 Å². The van der Waals surface area contributed by atoms with Crippen LogP contribution >= 0.6 is 24.0 Å². The minimum absolute atomic E-state index is 0. The Morgan fingerprint density at radius 1 is 1.31 bits per heavy atom. The third-order valence-electron chi connectivity index (χ3n) is 4.08. The monoisotopic (exact) mass is 470 g/mol. The first-order valence-corrected chi connectivity index (χ1v) is 8.42. The van der Waals surface area contributed by atoms with E-state index in [9.17, 15) is 4.39 Å². The molecule has 0 aliphatic heterocycles. The van der Waals surface area contributed by atoms with Crippen molar-refractivity contribution >= 4 is 40.8 Å². The van der Waals surface area contributed by atoms with E-state index in [0.29, 0.717) is 13.1 Å². The minimum atomic E-state index is -0.215. The Hall–Kier alpha value is -2.10. The second-order valence-electron chi connectivity index (χ2n) is 5.82. The van der Waals surface area contributed by atoms with Gasteiger partial charge in [0.2, 0.25) is 0 Å². The summed E-state index contributed by atoms with van der Waals surface area (Å²) < 4.78 is 15.3. The molecule has 0 radical (unpaired) electrons. The Morgan fingerprint density at radius 2 is 2.15 bits per heavy atom. The fourth-order valence-electron chi connectivity index (χ4n) is 2.73. The molecule has 0 saturated heterocycles. The summed E-state index contributed by atoms with van der Waals surface area (Å²) in [4.78, 5) is 7.76. The lowest BCUT2D eigenvalue weighted by molar-refractivity contribution is 0.629. The maximum Gasteiger partial charge on any atom is 0.191 e. The number of aryl methyl sites for hydroxylation is 1. The molecule has 0 unspecified atom stereocenters. The first-order valence-electron chi connectivity index (χ1n) is 8.42. The molecule has 6 nitrogen and oxygen atoms in total. The van der Waals surface area contributed by atoms with E-state index in [0.717, 1.165) is 41.1 Å². The molecule has 2 heterocycles. The first-order chi connectivity index (χ1) is 12.2. The van der Waals surface area contributed by atoms with Crippen LogP contribution in [0.5, 0.6) is 0 Å². The maximum atomic E-state index is 13.4. The molecule has 0 amide bonds. The van der Waals surface area contributed by atoms with Crippen LogP contribution in [0.1, 0.15) is 18.2 Å². The van der Waals surface area contributed by atoms with Crippen molar-refractivity contribution in [1.82, 2.24) is 25.4 Å². The van der Waals surface area contributed by atoms with Crippen LogP contribution < -0.4 is 10.6 Å². The fraction of sp³-hybridized carbons (Fsp3) is 0.333. The standard InChI is InChI=1S/C18H23FN6.HI/c1-3-20-18(23-12-15-7-9-24-25(15)2)21-8-6-13-11-22-17-5-4-14(19)10-16(13)17;/h4-5,7,9-11,22H,3,6,8,12H2,1-2H3,(H2,20,21,23);1H. The van der Waals surface area contributed by atoms with E-state index in [4.69, 9.17) is 0 Å². The van der Waals surface area contributed by atoms with Gasteiger partial charge in [0.1, 0.15) is 5.82 Å². The zero-order valence-corrected chi connectivity index (χ0v) is 17.3. The van der Waals surface area contributed by atoms with Gasteiger partial charge in [0.15, 0.2) is 5.96 Å². The Kier molecular flexibility index (Phi) is 7.43. The second kappa shape index (κ2) is 9.56. The largest absolute Gasteiger partial charge is 0.361 e. The summed E-state index contributed by atoms with van der Waals surface area (Å²) in [6, 6.07) is 6.76. The zero-order valence-electron chi connectivity index (χ0n) is 14.9. The van der Waals surface area contributed by atoms with Crippen LogP contribution in [0.3, 0.4) is 0 Å². The molecular formula is C18H24FIN6. The molecule has 0 spiro atoms. The molecule has 8 heteroatoms. The number of hydrogen-bond donors (Lipinski definition) is 3. The van der Waals surface area contributed by atoms with Crippen LogP contribution in [0, 0.1) is 5.82 Å². The lowest BCUT2D eigenvalue weighted by Gasteiger charge is -2.11. The van der Waals surface area contributed by atoms with Gasteiger partial charge in [0, 0.05) is 43.4 Å². The van der Waals surface area contributed by atoms with Crippen molar-refractivity contribution in [3.05, 3.63) is 53.7 Å². The molecule has 0 aliphatic carbocycles. The van der Waals surface area contributed by atoms with Crippen molar-refractivity contribution in [2.75, 3.05) is 13.1 Å². The normalized spacial score (nSPS) is 11.4. The molecule has 0 saturated carbocycles. The number of rotatable bonds is 6. The van der Waals surface area contributed by atoms with Gasteiger partial charge in [-0.25, -0.2) is 9.38 Å². The molecule has 3 N–H and O–H groups in total. The van der Waals surface area contributed by atoms with Gasteiger partial charge in [0.25, 0.3) is 0 Å². The van der Waals surface area contributed by atoms with Gasteiger partial charge in [-0.05, 0) is 43.2 Å². The summed E-state index contributed by atoms with van der Waals surface area (Å²) in [6.45, 7) is 4.09. The van der Waals surface area contributed by atoms with E-state index < -0.39 is 0 Å². The molecule has 0 fully saturated rings. The van der Waals surface area contributed by atoms with Gasteiger partial charge in [-0.1, -0.05) is 0 Å². The van der Waals surface area contributed by atoms with Gasteiger partial charge < -0.3 is 15.6 Å². The fourth-order valence-corrected chi connectivity index (χ4v) is 2.73. The molecule has 3 rings (SSSR count). The molecular weight excluding hydrogens is 446 g/mol. The zero-order chi connectivity index (χ0) is 17.6. The molecule has 2 aromatic heterocycles. The number of hydrogen-bond acceptors (Lipinski definition) is 2. The van der Waals surface area contributed by atoms with Crippen molar-refractivity contribution in [2.24, 2.45) is 12.0 Å². The highest BCUT2D eigenvalue weighted by atomic mass is 127. The summed E-state index contributed by atoms with van der Waals surface area (Å²) in [6.07, 6.45) is 4.48. The SMILES string of the molecule is CCNC(=NCc1ccnn1C)NCCc1c[nH]c2ccc(F)cc12.I. The van der Waals surface area contributed by atoms with Crippen molar-refractivity contribution < 1.29 is 4.39 Å². The van der Waals surface area contributed by atoms with Gasteiger partial charge >= 0.3 is 0 Å². The van der Waals surface area contributed by atoms with E-state index >= 15 is 0 Å². The maximum absolute atomic E-state index is 13.4. The lowest BCUT2D eigenvalue weighted by atomic mass is 10.1. The number of benzene rings is 1. The molecule has 1 aromatic carbocycles. The third-order valence-corrected chi connectivity index (χ3v) is 4.08. The van der Waals surface area contributed by atoms with Gasteiger partial charge in [-0.3, -0.25) is 4.68 Å². The van der Waals surface area contributed by atoms with Gasteiger partial charge in [-0.15, -0.1) is 24.0 Å². The van der Waals surface area contributed by atoms with Crippen LogP contribution in [0.4, 0.5) is 4.39 Å². The molecule has 3 aromatic rings. The van der Waals surface area contributed by atoms with Gasteiger partial charge in [0.05, 0.1) is 12.2 Å². The molecule has 26 heavy (non-hydrogen) atoms. The number of H-pyrrole nitrogens is 1. The van der Waals surface area contributed by atoms with Gasteiger partial charge in [-0.2, -0.15) is 5.10 Å². The van der Waals surface area contributed by atoms with E-state index in [-0.39, 0.29) is 29.8 Å². The van der Waals surface area contributed by atoms with E-state index in [1.54, 1.807) is 18.3 Å². The molecule has 140 valence electrons. The average molecular weight is 470 g/mol. The summed E-state index contributed by atoms with van der Waals surface area (Å²) in [5.74, 6) is 0.544. The van der Waals surface area contributed by atoms with Crippen molar-refractivity contribution in [3.63, 3.8) is 0 Å². The number of fused-ring (bicyclic) bond motifs is 1. The quantitative estimate of drug-likeness (QED) is 0.295. The summed E-state index contributed by atoms with van der Waals surface area (Å²) in [5, 5.41) is 11.6. The molecule has 0 aliphatic rings. The predicted molar refractivity (Wildman–Crippen MR) is 113 cm³/mol. The summed E-state index contributed by atoms with van der Waals surface area (Å²) in [7, 11) is 1.90. The summed E-state index contributed by atoms with van der Waals surface area (Å²) >= 11 is 0. The number of nitrogens with one attached hydrogen (secondary N) is 3. The topological polar surface area (TPSA) is 70.0 Å². The number of halogens is 2. The van der Waals surface area contributed by atoms with Crippen LogP contribution in [0.2, 0.25) is 0 Å². The molecule has 0 atom stereocenters. The van der Waals surface area contributed by atoms with Crippen LogP contribution in [0.25, 0.3) is 10.9 Å². The van der Waals surface area contributed by atoms with Crippen LogP contribution in [0.15, 0.2) is 41.7 Å². The number of aliphatic imine (C=N–C) groups is 1. The highest BCUT2D eigenvalue weighted by molar-refractivity contribution is 14.0. The number of aromatic amines is 1. The van der Waals surface area contributed by atoms with Crippen LogP contribution in [-0.4, -0.2) is 33.8 Å². The number of guanidine groups is 1. The van der Waals surface area contributed by atoms with E-state index in [1.165, 1.54) is 6.07 Å². The van der Waals surface area contributed by atoms with Crippen molar-refractivity contribution in [1.29, 1.82) is 0 Å². The number of aromatic nitrogens is 3. The van der Waals surface area contributed by atoms with Crippen molar-refractivity contribution in [3.8, 4) is 0 Å². The third kappa shape index (κ3) is 4.96. The van der Waals surface area contributed by atoms with Crippen LogP contribution in [-0.2, 0) is 20.0 Å². The highest BCUT2D eigenvalue weighted by Gasteiger charge is 2.06. The Balaban J connectivity index is 0.00000243. The highest BCUT2D eigenvalue weighted by Crippen LogP contribution is 2.19. The first kappa shape index (κ1) is 20.2. The lowest BCUT2D eigenvalue weighted by Crippen LogP contribution is -2.38. The second-order valence-corrected chi connectivity index (χ2v) is 5.82. The Bertz CT molecular complexity index is 870. The number of nitrogens with zero attached hydrogens (tertiary/aromatic N) is 3. The summed E-state index contributed by atoms with van der Waals surface area (Å²) in [5.41, 5.74) is 3.09. The Morgan fingerprint density at radius 3 is 2.88 bits per heavy atom. The predicted octanol–water partition coefficient (Wildman–Crippen LogP) is 2.96. The Labute approximate surface area is 169 Å². The smallest absolute Gasteiger partial charge is 0.191 e.